The zero-order chi connectivity index (χ0) is 18.7. The number of amides is 2. The molecule has 2 heterocycles. The van der Waals surface area contributed by atoms with Crippen LogP contribution in [0.25, 0.3) is 0 Å². The van der Waals surface area contributed by atoms with E-state index in [1.807, 2.05) is 17.0 Å². The average Bonchev–Trinajstić information content (AvgIpc) is 2.69. The molecule has 0 unspecified atom stereocenters. The lowest BCUT2D eigenvalue weighted by molar-refractivity contribution is -0.0863. The number of urea groups is 1. The van der Waals surface area contributed by atoms with Crippen LogP contribution in [0.3, 0.4) is 0 Å². The smallest absolute Gasteiger partial charge is 0.321 e. The van der Waals surface area contributed by atoms with E-state index in [0.717, 1.165) is 44.6 Å². The molecule has 1 aromatic rings. The van der Waals surface area contributed by atoms with Crippen LogP contribution in [0.2, 0.25) is 0 Å². The third-order valence-electron chi connectivity index (χ3n) is 6.82. The number of hydrogen-bond acceptors (Lipinski definition) is 3. The summed E-state index contributed by atoms with van der Waals surface area (Å²) in [6.45, 7) is 4.52. The molecule has 2 aliphatic heterocycles. The summed E-state index contributed by atoms with van der Waals surface area (Å²) in [5, 5.41) is 14.0. The van der Waals surface area contributed by atoms with E-state index in [9.17, 15) is 9.90 Å². The predicted octanol–water partition coefficient (Wildman–Crippen LogP) is 3.83. The van der Waals surface area contributed by atoms with Crippen LogP contribution in [-0.2, 0) is 6.54 Å². The molecule has 1 aromatic carbocycles. The van der Waals surface area contributed by atoms with E-state index in [4.69, 9.17) is 0 Å². The number of hydrogen-bond donors (Lipinski definition) is 2. The second-order valence-corrected chi connectivity index (χ2v) is 8.67. The molecule has 27 heavy (non-hydrogen) atoms. The number of likely N-dealkylation sites (tertiary alicyclic amines) is 2. The number of rotatable bonds is 3. The summed E-state index contributed by atoms with van der Waals surface area (Å²) >= 11 is 0. The van der Waals surface area contributed by atoms with Gasteiger partial charge in [-0.25, -0.2) is 4.79 Å². The van der Waals surface area contributed by atoms with Crippen LogP contribution in [0.5, 0.6) is 0 Å². The molecule has 3 aliphatic rings. The molecule has 1 aliphatic carbocycles. The SMILES string of the molecule is O=C(Nc1ccccc1CN1CCCCC1)N1CC[C@@]2(O)CCCC[C@H]2C1. The highest BCUT2D eigenvalue weighted by Gasteiger charge is 2.43. The Hall–Kier alpha value is -1.59. The van der Waals surface area contributed by atoms with Crippen LogP contribution in [0.4, 0.5) is 10.5 Å². The first-order chi connectivity index (χ1) is 13.1. The molecule has 3 fully saturated rings. The molecular formula is C22H33N3O2. The largest absolute Gasteiger partial charge is 0.389 e. The molecule has 2 saturated heterocycles. The molecule has 1 saturated carbocycles. The minimum atomic E-state index is -0.540. The summed E-state index contributed by atoms with van der Waals surface area (Å²) in [5.74, 6) is 0.231. The first-order valence-corrected chi connectivity index (χ1v) is 10.7. The quantitative estimate of drug-likeness (QED) is 0.849. The Kier molecular flexibility index (Phi) is 5.69. The fraction of sp³-hybridized carbons (Fsp3) is 0.682. The zero-order valence-electron chi connectivity index (χ0n) is 16.3. The predicted molar refractivity (Wildman–Crippen MR) is 108 cm³/mol. The Morgan fingerprint density at radius 2 is 1.89 bits per heavy atom. The maximum Gasteiger partial charge on any atom is 0.321 e. The minimum absolute atomic E-state index is 0.0197. The van der Waals surface area contributed by atoms with Crippen molar-refractivity contribution in [1.29, 1.82) is 0 Å². The van der Waals surface area contributed by atoms with Gasteiger partial charge in [0.1, 0.15) is 0 Å². The van der Waals surface area contributed by atoms with Gasteiger partial charge in [-0.1, -0.05) is 37.5 Å². The van der Waals surface area contributed by atoms with Gasteiger partial charge in [0.25, 0.3) is 0 Å². The molecule has 0 aromatic heterocycles. The lowest BCUT2D eigenvalue weighted by atomic mass is 9.71. The van der Waals surface area contributed by atoms with Crippen molar-refractivity contribution in [1.82, 2.24) is 9.80 Å². The number of benzene rings is 1. The number of nitrogens with zero attached hydrogens (tertiary/aromatic N) is 2. The van der Waals surface area contributed by atoms with Crippen molar-refractivity contribution in [2.75, 3.05) is 31.5 Å². The molecule has 2 amide bonds. The first kappa shape index (κ1) is 18.8. The van der Waals surface area contributed by atoms with Crippen LogP contribution in [0.1, 0.15) is 56.9 Å². The van der Waals surface area contributed by atoms with E-state index in [1.165, 1.54) is 31.2 Å². The van der Waals surface area contributed by atoms with E-state index >= 15 is 0 Å². The second kappa shape index (κ2) is 8.19. The van der Waals surface area contributed by atoms with Gasteiger partial charge >= 0.3 is 6.03 Å². The second-order valence-electron chi connectivity index (χ2n) is 8.67. The summed E-state index contributed by atoms with van der Waals surface area (Å²) in [6.07, 6.45) is 8.79. The van der Waals surface area contributed by atoms with Gasteiger partial charge in [-0.15, -0.1) is 0 Å². The van der Waals surface area contributed by atoms with Crippen molar-refractivity contribution in [2.24, 2.45) is 5.92 Å². The Morgan fingerprint density at radius 1 is 1.07 bits per heavy atom. The highest BCUT2D eigenvalue weighted by atomic mass is 16.3. The molecule has 0 radical (unpaired) electrons. The van der Waals surface area contributed by atoms with Gasteiger partial charge < -0.3 is 15.3 Å². The van der Waals surface area contributed by atoms with Gasteiger partial charge in [0.15, 0.2) is 0 Å². The van der Waals surface area contributed by atoms with Gasteiger partial charge in [0.05, 0.1) is 5.60 Å². The molecule has 2 N–H and O–H groups in total. The highest BCUT2D eigenvalue weighted by Crippen LogP contribution is 2.39. The van der Waals surface area contributed by atoms with E-state index in [0.29, 0.717) is 19.5 Å². The maximum atomic E-state index is 12.9. The number of anilines is 1. The van der Waals surface area contributed by atoms with Crippen LogP contribution in [0, 0.1) is 5.92 Å². The van der Waals surface area contributed by atoms with Crippen LogP contribution < -0.4 is 5.32 Å². The van der Waals surface area contributed by atoms with Crippen LogP contribution in [-0.4, -0.2) is 52.7 Å². The first-order valence-electron chi connectivity index (χ1n) is 10.7. The van der Waals surface area contributed by atoms with Crippen molar-refractivity contribution in [3.8, 4) is 0 Å². The molecule has 0 bridgehead atoms. The summed E-state index contributed by atoms with van der Waals surface area (Å²) in [6, 6.07) is 8.16. The van der Waals surface area contributed by atoms with Crippen molar-refractivity contribution >= 4 is 11.7 Å². The number of carbonyl (C=O) groups excluding carboxylic acids is 1. The molecule has 4 rings (SSSR count). The Labute approximate surface area is 162 Å². The maximum absolute atomic E-state index is 12.9. The van der Waals surface area contributed by atoms with E-state index < -0.39 is 5.60 Å². The molecule has 148 valence electrons. The van der Waals surface area contributed by atoms with Crippen molar-refractivity contribution in [3.05, 3.63) is 29.8 Å². The molecule has 2 atom stereocenters. The molecule has 0 spiro atoms. The summed E-state index contributed by atoms with van der Waals surface area (Å²) < 4.78 is 0. The summed E-state index contributed by atoms with van der Waals surface area (Å²) in [5.41, 5.74) is 1.58. The summed E-state index contributed by atoms with van der Waals surface area (Å²) in [4.78, 5) is 17.3. The number of fused-ring (bicyclic) bond motifs is 1. The number of aliphatic hydroxyl groups is 1. The van der Waals surface area contributed by atoms with Gasteiger partial charge in [-0.2, -0.15) is 0 Å². The molecule has 5 nitrogen and oxygen atoms in total. The zero-order valence-corrected chi connectivity index (χ0v) is 16.3. The van der Waals surface area contributed by atoms with Crippen molar-refractivity contribution in [2.45, 2.75) is 63.5 Å². The lowest BCUT2D eigenvalue weighted by Crippen LogP contribution is -2.55. The summed E-state index contributed by atoms with van der Waals surface area (Å²) in [7, 11) is 0. The van der Waals surface area contributed by atoms with Crippen LogP contribution >= 0.6 is 0 Å². The van der Waals surface area contributed by atoms with Gasteiger partial charge in [-0.05, 0) is 56.8 Å². The highest BCUT2D eigenvalue weighted by molar-refractivity contribution is 5.90. The van der Waals surface area contributed by atoms with E-state index in [2.05, 4.69) is 22.3 Å². The van der Waals surface area contributed by atoms with Gasteiger partial charge in [-0.3, -0.25) is 4.90 Å². The Morgan fingerprint density at radius 3 is 2.74 bits per heavy atom. The number of piperidine rings is 2. The third-order valence-corrected chi connectivity index (χ3v) is 6.82. The fourth-order valence-electron chi connectivity index (χ4n) is 5.09. The van der Waals surface area contributed by atoms with E-state index in [1.54, 1.807) is 0 Å². The van der Waals surface area contributed by atoms with Crippen LogP contribution in [0.15, 0.2) is 24.3 Å². The van der Waals surface area contributed by atoms with Crippen molar-refractivity contribution < 1.29 is 9.90 Å². The average molecular weight is 372 g/mol. The number of para-hydroxylation sites is 1. The Balaban J connectivity index is 1.39. The molecule has 5 heteroatoms. The molecular weight excluding hydrogens is 338 g/mol. The standard InChI is InChI=1S/C22H33N3O2/c26-21(25-15-12-22(27)11-5-4-9-19(22)17-25)23-20-10-3-2-8-18(20)16-24-13-6-1-7-14-24/h2-3,8,10,19,27H,1,4-7,9,11-17H2,(H,23,26)/t19-,22-/m0/s1. The van der Waals surface area contributed by atoms with Gasteiger partial charge in [0.2, 0.25) is 0 Å². The lowest BCUT2D eigenvalue weighted by Gasteiger charge is -2.47. The van der Waals surface area contributed by atoms with E-state index in [-0.39, 0.29) is 11.9 Å². The Bertz CT molecular complexity index is 659. The minimum Gasteiger partial charge on any atom is -0.389 e. The topological polar surface area (TPSA) is 55.8 Å². The fourth-order valence-corrected chi connectivity index (χ4v) is 5.09. The number of carbonyl (C=O) groups is 1. The number of nitrogens with one attached hydrogen (secondary N) is 1. The normalized spacial score (nSPS) is 29.2. The third kappa shape index (κ3) is 4.30. The van der Waals surface area contributed by atoms with Crippen molar-refractivity contribution in [3.63, 3.8) is 0 Å². The van der Waals surface area contributed by atoms with Gasteiger partial charge in [0, 0.05) is 31.2 Å². The monoisotopic (exact) mass is 371 g/mol.